The average Bonchev–Trinajstić information content (AvgIpc) is 3.04. The average molecular weight is 262 g/mol. The van der Waals surface area contributed by atoms with E-state index in [1.165, 1.54) is 6.33 Å². The summed E-state index contributed by atoms with van der Waals surface area (Å²) in [5, 5.41) is 12.2. The summed E-state index contributed by atoms with van der Waals surface area (Å²) in [6.07, 6.45) is 6.42. The van der Waals surface area contributed by atoms with Gasteiger partial charge in [0.15, 0.2) is 4.96 Å². The summed E-state index contributed by atoms with van der Waals surface area (Å²) < 4.78 is 2.05. The van der Waals surface area contributed by atoms with E-state index >= 15 is 0 Å². The second-order valence-corrected chi connectivity index (χ2v) is 4.88. The highest BCUT2D eigenvalue weighted by molar-refractivity contribution is 7.15. The Hall–Kier alpha value is -1.73. The van der Waals surface area contributed by atoms with E-state index in [-0.39, 0.29) is 6.04 Å². The molecule has 2 N–H and O–H groups in total. The number of H-pyrrole nitrogens is 1. The first-order chi connectivity index (χ1) is 8.86. The van der Waals surface area contributed by atoms with E-state index in [9.17, 15) is 0 Å². The third kappa shape index (κ3) is 2.14. The molecule has 7 heteroatoms. The van der Waals surface area contributed by atoms with Gasteiger partial charge in [-0.25, -0.2) is 9.97 Å². The molecule has 0 aliphatic heterocycles. The van der Waals surface area contributed by atoms with E-state index in [1.54, 1.807) is 11.3 Å². The third-order valence-electron chi connectivity index (χ3n) is 2.77. The molecule has 18 heavy (non-hydrogen) atoms. The first kappa shape index (κ1) is 11.4. The predicted molar refractivity (Wildman–Crippen MR) is 69.6 cm³/mol. The van der Waals surface area contributed by atoms with Crippen LogP contribution in [-0.2, 0) is 6.42 Å². The molecule has 0 amide bonds. The number of hydrogen-bond acceptors (Lipinski definition) is 5. The topological polar surface area (TPSA) is 70.9 Å². The molecule has 1 unspecified atom stereocenters. The molecule has 1 atom stereocenters. The number of thiazole rings is 1. The fourth-order valence-corrected chi connectivity index (χ4v) is 2.70. The molecule has 0 bridgehead atoms. The maximum atomic E-state index is 4.58. The molecule has 0 radical (unpaired) electrons. The number of nitrogens with one attached hydrogen (secondary N) is 2. The van der Waals surface area contributed by atoms with Crippen molar-refractivity contribution in [2.24, 2.45) is 0 Å². The van der Waals surface area contributed by atoms with Crippen molar-refractivity contribution in [1.29, 1.82) is 0 Å². The Bertz CT molecular complexity index is 582. The highest BCUT2D eigenvalue weighted by Gasteiger charge is 2.16. The van der Waals surface area contributed by atoms with Gasteiger partial charge in [0.25, 0.3) is 0 Å². The number of nitrogens with zero attached hydrogens (tertiary/aromatic N) is 4. The first-order valence-corrected chi connectivity index (χ1v) is 6.74. The van der Waals surface area contributed by atoms with E-state index in [0.29, 0.717) is 0 Å². The van der Waals surface area contributed by atoms with Crippen molar-refractivity contribution in [3.05, 3.63) is 35.6 Å². The van der Waals surface area contributed by atoms with Gasteiger partial charge in [-0.1, -0.05) is 6.92 Å². The van der Waals surface area contributed by atoms with Crippen LogP contribution in [0.2, 0.25) is 0 Å². The highest BCUT2D eigenvalue weighted by atomic mass is 32.1. The number of fused-ring (bicyclic) bond motifs is 1. The molecule has 0 aliphatic carbocycles. The summed E-state index contributed by atoms with van der Waals surface area (Å²) in [7, 11) is 0. The van der Waals surface area contributed by atoms with Crippen LogP contribution in [0.4, 0.5) is 0 Å². The van der Waals surface area contributed by atoms with E-state index in [4.69, 9.17) is 0 Å². The standard InChI is InChI=1S/C11H14N6S/c1-2-12-9(10-13-7-14-16-10)5-8-6-17-3-4-18-11(17)15-8/h3-4,6-7,9,12H,2,5H2,1H3,(H,13,14,16). The van der Waals surface area contributed by atoms with Crippen LogP contribution in [0, 0.1) is 0 Å². The number of likely N-dealkylation sites (N-methyl/N-ethyl adjacent to an activating group) is 1. The van der Waals surface area contributed by atoms with E-state index in [0.717, 1.165) is 29.4 Å². The van der Waals surface area contributed by atoms with Crippen LogP contribution >= 0.6 is 11.3 Å². The van der Waals surface area contributed by atoms with Crippen LogP contribution in [-0.4, -0.2) is 31.1 Å². The number of aromatic nitrogens is 5. The lowest BCUT2D eigenvalue weighted by Crippen LogP contribution is -2.24. The van der Waals surface area contributed by atoms with Gasteiger partial charge < -0.3 is 5.32 Å². The van der Waals surface area contributed by atoms with Crippen LogP contribution in [0.25, 0.3) is 4.96 Å². The lowest BCUT2D eigenvalue weighted by molar-refractivity contribution is 0.519. The molecule has 3 heterocycles. The van der Waals surface area contributed by atoms with Crippen molar-refractivity contribution in [2.75, 3.05) is 6.54 Å². The molecular weight excluding hydrogens is 248 g/mol. The summed E-state index contributed by atoms with van der Waals surface area (Å²) in [4.78, 5) is 9.82. The molecule has 0 saturated heterocycles. The van der Waals surface area contributed by atoms with Gasteiger partial charge >= 0.3 is 0 Å². The van der Waals surface area contributed by atoms with Gasteiger partial charge in [0.2, 0.25) is 0 Å². The minimum atomic E-state index is 0.127. The van der Waals surface area contributed by atoms with Crippen LogP contribution in [0.1, 0.15) is 24.5 Å². The summed E-state index contributed by atoms with van der Waals surface area (Å²) >= 11 is 1.64. The molecular formula is C11H14N6S. The van der Waals surface area contributed by atoms with Gasteiger partial charge in [-0.2, -0.15) is 5.10 Å². The Morgan fingerprint density at radius 1 is 1.56 bits per heavy atom. The summed E-state index contributed by atoms with van der Waals surface area (Å²) in [6.45, 7) is 2.96. The van der Waals surface area contributed by atoms with Crippen molar-refractivity contribution in [2.45, 2.75) is 19.4 Å². The number of aromatic amines is 1. The Labute approximate surface area is 108 Å². The molecule has 0 aliphatic rings. The van der Waals surface area contributed by atoms with Gasteiger partial charge in [0.1, 0.15) is 12.2 Å². The molecule has 3 rings (SSSR count). The summed E-state index contributed by atoms with van der Waals surface area (Å²) in [6, 6.07) is 0.127. The zero-order valence-corrected chi connectivity index (χ0v) is 10.8. The van der Waals surface area contributed by atoms with E-state index in [2.05, 4.69) is 38.6 Å². The minimum Gasteiger partial charge on any atom is -0.307 e. The zero-order valence-electron chi connectivity index (χ0n) is 10.00. The smallest absolute Gasteiger partial charge is 0.193 e. The van der Waals surface area contributed by atoms with Crippen LogP contribution in [0.15, 0.2) is 24.1 Å². The summed E-state index contributed by atoms with van der Waals surface area (Å²) in [5.41, 5.74) is 1.06. The quantitative estimate of drug-likeness (QED) is 0.729. The number of rotatable bonds is 5. The van der Waals surface area contributed by atoms with Crippen molar-refractivity contribution >= 4 is 16.3 Å². The molecule has 6 nitrogen and oxygen atoms in total. The fraction of sp³-hybridized carbons (Fsp3) is 0.364. The predicted octanol–water partition coefficient (Wildman–Crippen LogP) is 1.41. The van der Waals surface area contributed by atoms with Gasteiger partial charge in [-0.3, -0.25) is 9.50 Å². The van der Waals surface area contributed by atoms with Gasteiger partial charge in [-0.15, -0.1) is 11.3 Å². The molecule has 0 saturated carbocycles. The minimum absolute atomic E-state index is 0.127. The summed E-state index contributed by atoms with van der Waals surface area (Å²) in [5.74, 6) is 0.855. The first-order valence-electron chi connectivity index (χ1n) is 5.86. The fourth-order valence-electron chi connectivity index (χ4n) is 1.98. The van der Waals surface area contributed by atoms with Crippen molar-refractivity contribution in [3.63, 3.8) is 0 Å². The maximum Gasteiger partial charge on any atom is 0.193 e. The second kappa shape index (κ2) is 4.87. The normalized spacial score (nSPS) is 13.2. The molecule has 0 fully saturated rings. The third-order valence-corrected chi connectivity index (χ3v) is 3.54. The lowest BCUT2D eigenvalue weighted by Gasteiger charge is -2.13. The maximum absolute atomic E-state index is 4.58. The van der Waals surface area contributed by atoms with Crippen LogP contribution in [0.5, 0.6) is 0 Å². The SMILES string of the molecule is CCNC(Cc1cn2ccsc2n1)c1ncn[nH]1. The lowest BCUT2D eigenvalue weighted by atomic mass is 10.1. The molecule has 0 aromatic carbocycles. The van der Waals surface area contributed by atoms with E-state index < -0.39 is 0 Å². The zero-order chi connectivity index (χ0) is 12.4. The molecule has 94 valence electrons. The molecule has 3 aromatic rings. The monoisotopic (exact) mass is 262 g/mol. The van der Waals surface area contributed by atoms with Crippen LogP contribution in [0.3, 0.4) is 0 Å². The van der Waals surface area contributed by atoms with Crippen molar-refractivity contribution in [3.8, 4) is 0 Å². The van der Waals surface area contributed by atoms with E-state index in [1.807, 2.05) is 16.0 Å². The number of hydrogen-bond donors (Lipinski definition) is 2. The Morgan fingerprint density at radius 2 is 2.50 bits per heavy atom. The van der Waals surface area contributed by atoms with Crippen molar-refractivity contribution < 1.29 is 0 Å². The Balaban J connectivity index is 1.82. The largest absolute Gasteiger partial charge is 0.307 e. The Kier molecular flexibility index (Phi) is 3.07. The second-order valence-electron chi connectivity index (χ2n) is 4.01. The van der Waals surface area contributed by atoms with Crippen LogP contribution < -0.4 is 5.32 Å². The Morgan fingerprint density at radius 3 is 3.22 bits per heavy atom. The number of imidazole rings is 1. The van der Waals surface area contributed by atoms with Gasteiger partial charge in [-0.05, 0) is 6.54 Å². The van der Waals surface area contributed by atoms with Gasteiger partial charge in [0.05, 0.1) is 11.7 Å². The molecule has 3 aromatic heterocycles. The van der Waals surface area contributed by atoms with Crippen molar-refractivity contribution in [1.82, 2.24) is 29.9 Å². The highest BCUT2D eigenvalue weighted by Crippen LogP contribution is 2.17. The van der Waals surface area contributed by atoms with Gasteiger partial charge in [0, 0.05) is 24.2 Å². The molecule has 0 spiro atoms.